The molecule has 2 nitrogen and oxygen atoms in total. The molecule has 1 radical (unpaired) electrons. The molecule has 1 heterocycles. The molecule has 0 unspecified atom stereocenters. The van der Waals surface area contributed by atoms with Gasteiger partial charge in [-0.2, -0.15) is 0 Å². The van der Waals surface area contributed by atoms with E-state index in [2.05, 4.69) is 11.1 Å². The lowest BCUT2D eigenvalue weighted by Gasteiger charge is -1.90. The molecule has 1 aromatic heterocycles. The number of rotatable bonds is 0. The largest absolute Gasteiger partial charge is 0.399 e. The molecular formula is C9H9N2. The van der Waals surface area contributed by atoms with Crippen molar-refractivity contribution in [1.29, 1.82) is 0 Å². The maximum absolute atomic E-state index is 5.60. The Morgan fingerprint density at radius 3 is 3.09 bits per heavy atom. The van der Waals surface area contributed by atoms with Crippen molar-refractivity contribution in [2.45, 2.75) is 6.92 Å². The van der Waals surface area contributed by atoms with Crippen LogP contribution in [0.5, 0.6) is 0 Å². The number of hydrogen-bond donors (Lipinski definition) is 2. The Hall–Kier alpha value is -1.44. The minimum absolute atomic E-state index is 0.785. The smallest absolute Gasteiger partial charge is 0.0464 e. The van der Waals surface area contributed by atoms with Crippen molar-refractivity contribution < 1.29 is 0 Å². The van der Waals surface area contributed by atoms with Crippen molar-refractivity contribution in [3.8, 4) is 0 Å². The lowest BCUT2D eigenvalue weighted by molar-refractivity contribution is 1.30. The Labute approximate surface area is 65.0 Å². The van der Waals surface area contributed by atoms with E-state index < -0.39 is 0 Å². The SMILES string of the molecule is Cc1[c]c2cc(N)ccc2[nH]1. The highest BCUT2D eigenvalue weighted by atomic mass is 14.7. The Morgan fingerprint density at radius 2 is 2.27 bits per heavy atom. The molecule has 2 rings (SSSR count). The van der Waals surface area contributed by atoms with Gasteiger partial charge in [0, 0.05) is 28.4 Å². The zero-order valence-electron chi connectivity index (χ0n) is 6.31. The highest BCUT2D eigenvalue weighted by Gasteiger charge is 1.96. The highest BCUT2D eigenvalue weighted by Crippen LogP contribution is 2.16. The number of fused-ring (bicyclic) bond motifs is 1. The average Bonchev–Trinajstić information content (AvgIpc) is 2.27. The van der Waals surface area contributed by atoms with Crippen LogP contribution in [0.25, 0.3) is 10.9 Å². The number of nitrogen functional groups attached to an aromatic ring is 1. The van der Waals surface area contributed by atoms with Gasteiger partial charge in [-0.05, 0) is 25.1 Å². The Balaban J connectivity index is 2.82. The third-order valence-electron chi connectivity index (χ3n) is 1.69. The van der Waals surface area contributed by atoms with E-state index in [0.29, 0.717) is 0 Å². The molecule has 0 saturated carbocycles. The minimum Gasteiger partial charge on any atom is -0.399 e. The predicted octanol–water partition coefficient (Wildman–Crippen LogP) is 1.86. The Kier molecular flexibility index (Phi) is 1.15. The van der Waals surface area contributed by atoms with Gasteiger partial charge in [0.2, 0.25) is 0 Å². The van der Waals surface area contributed by atoms with Crippen molar-refractivity contribution in [3.63, 3.8) is 0 Å². The Bertz CT molecular complexity index is 387. The monoisotopic (exact) mass is 145 g/mol. The van der Waals surface area contributed by atoms with Crippen molar-refractivity contribution in [2.24, 2.45) is 0 Å². The summed E-state index contributed by atoms with van der Waals surface area (Å²) in [5.74, 6) is 0. The second-order valence-electron chi connectivity index (χ2n) is 2.68. The van der Waals surface area contributed by atoms with Crippen molar-refractivity contribution in [3.05, 3.63) is 30.0 Å². The maximum Gasteiger partial charge on any atom is 0.0464 e. The van der Waals surface area contributed by atoms with Crippen LogP contribution in [-0.2, 0) is 0 Å². The van der Waals surface area contributed by atoms with Crippen molar-refractivity contribution in [2.75, 3.05) is 5.73 Å². The van der Waals surface area contributed by atoms with Gasteiger partial charge in [0.25, 0.3) is 0 Å². The van der Waals surface area contributed by atoms with Crippen molar-refractivity contribution in [1.82, 2.24) is 4.98 Å². The summed E-state index contributed by atoms with van der Waals surface area (Å²) in [6.07, 6.45) is 0. The number of aryl methyl sites for hydroxylation is 1. The first-order valence-electron chi connectivity index (χ1n) is 3.53. The van der Waals surface area contributed by atoms with Crippen LogP contribution in [0.1, 0.15) is 5.69 Å². The molecule has 55 valence electrons. The van der Waals surface area contributed by atoms with E-state index in [-0.39, 0.29) is 0 Å². The number of H-pyrrole nitrogens is 1. The zero-order valence-corrected chi connectivity index (χ0v) is 6.31. The van der Waals surface area contributed by atoms with Crippen LogP contribution >= 0.6 is 0 Å². The summed E-state index contributed by atoms with van der Waals surface area (Å²) in [5.41, 5.74) is 8.53. The van der Waals surface area contributed by atoms with E-state index in [4.69, 9.17) is 5.73 Å². The number of aromatic amines is 1. The molecule has 0 spiro atoms. The molecule has 0 atom stereocenters. The standard InChI is InChI=1S/C9H9N2/c1-6-4-7-5-8(10)2-3-9(7)11-6/h2-3,5,11H,10H2,1H3. The molecule has 0 fully saturated rings. The molecule has 0 aliphatic heterocycles. The number of anilines is 1. The lowest BCUT2D eigenvalue weighted by atomic mass is 10.2. The predicted molar refractivity (Wildman–Crippen MR) is 46.3 cm³/mol. The van der Waals surface area contributed by atoms with Gasteiger partial charge in [0.15, 0.2) is 0 Å². The van der Waals surface area contributed by atoms with Gasteiger partial charge in [-0.1, -0.05) is 0 Å². The van der Waals surface area contributed by atoms with Gasteiger partial charge >= 0.3 is 0 Å². The quantitative estimate of drug-likeness (QED) is 0.546. The topological polar surface area (TPSA) is 41.8 Å². The fourth-order valence-corrected chi connectivity index (χ4v) is 1.21. The Morgan fingerprint density at radius 1 is 1.45 bits per heavy atom. The highest BCUT2D eigenvalue weighted by molar-refractivity contribution is 5.82. The van der Waals surface area contributed by atoms with Gasteiger partial charge in [-0.3, -0.25) is 0 Å². The zero-order chi connectivity index (χ0) is 7.84. The molecule has 0 aliphatic carbocycles. The van der Waals surface area contributed by atoms with Gasteiger partial charge in [0.1, 0.15) is 0 Å². The van der Waals surface area contributed by atoms with E-state index in [9.17, 15) is 0 Å². The van der Waals surface area contributed by atoms with Crippen LogP contribution in [0.15, 0.2) is 18.2 Å². The van der Waals surface area contributed by atoms with E-state index in [0.717, 1.165) is 22.3 Å². The van der Waals surface area contributed by atoms with E-state index in [1.807, 2.05) is 25.1 Å². The number of aromatic nitrogens is 1. The molecule has 2 heteroatoms. The summed E-state index contributed by atoms with van der Waals surface area (Å²) < 4.78 is 0. The third-order valence-corrected chi connectivity index (χ3v) is 1.69. The molecule has 2 aromatic rings. The molecule has 3 N–H and O–H groups in total. The molecule has 0 amide bonds. The number of nitrogens with two attached hydrogens (primary N) is 1. The average molecular weight is 145 g/mol. The fourth-order valence-electron chi connectivity index (χ4n) is 1.21. The van der Waals surface area contributed by atoms with E-state index in [1.165, 1.54) is 0 Å². The number of nitrogens with one attached hydrogen (secondary N) is 1. The fraction of sp³-hybridized carbons (Fsp3) is 0.111. The summed E-state index contributed by atoms with van der Waals surface area (Å²) in [7, 11) is 0. The molecule has 1 aromatic carbocycles. The maximum atomic E-state index is 5.60. The number of hydrogen-bond acceptors (Lipinski definition) is 1. The summed E-state index contributed by atoms with van der Waals surface area (Å²) >= 11 is 0. The molecule has 0 saturated heterocycles. The van der Waals surface area contributed by atoms with Crippen molar-refractivity contribution >= 4 is 16.6 Å². The van der Waals surface area contributed by atoms with Gasteiger partial charge in [-0.15, -0.1) is 0 Å². The van der Waals surface area contributed by atoms with Gasteiger partial charge < -0.3 is 10.7 Å². The van der Waals surface area contributed by atoms with Crippen LogP contribution in [0.3, 0.4) is 0 Å². The molecular weight excluding hydrogens is 136 g/mol. The van der Waals surface area contributed by atoms with E-state index in [1.54, 1.807) is 0 Å². The van der Waals surface area contributed by atoms with Gasteiger partial charge in [-0.25, -0.2) is 0 Å². The van der Waals surface area contributed by atoms with Crippen LogP contribution in [0.2, 0.25) is 0 Å². The van der Waals surface area contributed by atoms with Gasteiger partial charge in [0.05, 0.1) is 0 Å². The first-order chi connectivity index (χ1) is 5.25. The molecule has 11 heavy (non-hydrogen) atoms. The summed E-state index contributed by atoms with van der Waals surface area (Å²) in [6, 6.07) is 8.93. The van der Waals surface area contributed by atoms with Crippen LogP contribution in [0.4, 0.5) is 5.69 Å². The molecule has 0 aliphatic rings. The van der Waals surface area contributed by atoms with Crippen LogP contribution in [-0.4, -0.2) is 4.98 Å². The van der Waals surface area contributed by atoms with Crippen LogP contribution < -0.4 is 5.73 Å². The summed E-state index contributed by atoms with van der Waals surface area (Å²) in [6.45, 7) is 1.98. The lowest BCUT2D eigenvalue weighted by Crippen LogP contribution is -1.81. The van der Waals surface area contributed by atoms with Crippen LogP contribution in [0, 0.1) is 13.0 Å². The minimum atomic E-state index is 0.785. The molecule has 0 bridgehead atoms. The second kappa shape index (κ2) is 2.02. The summed E-state index contributed by atoms with van der Waals surface area (Å²) in [4.78, 5) is 3.17. The van der Waals surface area contributed by atoms with E-state index >= 15 is 0 Å². The third kappa shape index (κ3) is 0.963. The first kappa shape index (κ1) is 6.28. The second-order valence-corrected chi connectivity index (χ2v) is 2.68. The normalized spacial score (nSPS) is 10.6. The summed E-state index contributed by atoms with van der Waals surface area (Å²) in [5, 5.41) is 1.06. The first-order valence-corrected chi connectivity index (χ1v) is 3.53. The number of benzene rings is 1.